The van der Waals surface area contributed by atoms with Crippen molar-refractivity contribution >= 4 is 46.4 Å². The van der Waals surface area contributed by atoms with Gasteiger partial charge in [0.1, 0.15) is 0 Å². The highest BCUT2D eigenvalue weighted by atomic mass is 127. The molecule has 3 heterocycles. The topological polar surface area (TPSA) is 64.0 Å². The van der Waals surface area contributed by atoms with E-state index in [0.29, 0.717) is 6.54 Å². The van der Waals surface area contributed by atoms with Crippen molar-refractivity contribution in [3.63, 3.8) is 0 Å². The predicted octanol–water partition coefficient (Wildman–Crippen LogP) is 1.94. The minimum Gasteiger partial charge on any atom is -0.391 e. The maximum Gasteiger partial charge on any atom is 0.194 e. The molecule has 0 aliphatic carbocycles. The number of β-amino-alcohol motifs (C(OH)–C–C–N with tert-alkyl or cyclic N) is 1. The number of hydrogen-bond donors (Lipinski definition) is 2. The van der Waals surface area contributed by atoms with Gasteiger partial charge >= 0.3 is 0 Å². The predicted molar refractivity (Wildman–Crippen MR) is 111 cm³/mol. The van der Waals surface area contributed by atoms with Crippen LogP contribution in [0.5, 0.6) is 0 Å². The van der Waals surface area contributed by atoms with Crippen LogP contribution in [0, 0.1) is 0 Å². The third-order valence-corrected chi connectivity index (χ3v) is 5.29. The van der Waals surface area contributed by atoms with Gasteiger partial charge in [0.15, 0.2) is 11.1 Å². The van der Waals surface area contributed by atoms with E-state index in [2.05, 4.69) is 27.4 Å². The molecule has 0 amide bonds. The fourth-order valence-electron chi connectivity index (χ4n) is 3.10. The molecule has 0 radical (unpaired) electrons. The second-order valence-electron chi connectivity index (χ2n) is 6.19. The lowest BCUT2D eigenvalue weighted by Gasteiger charge is -2.20. The molecule has 136 valence electrons. The number of aliphatic imine (C=N–C) groups is 1. The van der Waals surface area contributed by atoms with E-state index in [-0.39, 0.29) is 30.1 Å². The number of nitrogens with zero attached hydrogens (tertiary/aromatic N) is 4. The van der Waals surface area contributed by atoms with E-state index in [1.807, 2.05) is 0 Å². The van der Waals surface area contributed by atoms with Gasteiger partial charge < -0.3 is 20.2 Å². The van der Waals surface area contributed by atoms with Gasteiger partial charge in [-0.15, -0.1) is 35.3 Å². The van der Waals surface area contributed by atoms with Crippen molar-refractivity contribution < 1.29 is 5.11 Å². The quantitative estimate of drug-likeness (QED) is 0.396. The van der Waals surface area contributed by atoms with Crippen LogP contribution in [0.15, 0.2) is 10.4 Å². The zero-order valence-corrected chi connectivity index (χ0v) is 17.4. The van der Waals surface area contributed by atoms with Crippen molar-refractivity contribution in [1.82, 2.24) is 15.2 Å². The third kappa shape index (κ3) is 5.19. The number of anilines is 1. The first-order chi connectivity index (χ1) is 11.3. The lowest BCUT2D eigenvalue weighted by Crippen LogP contribution is -2.40. The first-order valence-electron chi connectivity index (χ1n) is 8.67. The number of aromatic nitrogens is 1. The van der Waals surface area contributed by atoms with Gasteiger partial charge in [-0.25, -0.2) is 4.98 Å². The molecule has 2 fully saturated rings. The van der Waals surface area contributed by atoms with E-state index < -0.39 is 0 Å². The summed E-state index contributed by atoms with van der Waals surface area (Å²) in [5, 5.41) is 16.3. The van der Waals surface area contributed by atoms with E-state index >= 15 is 0 Å². The average Bonchev–Trinajstić information content (AvgIpc) is 3.27. The Morgan fingerprint density at radius 3 is 2.88 bits per heavy atom. The number of aliphatic hydroxyl groups excluding tert-OH is 1. The van der Waals surface area contributed by atoms with Gasteiger partial charge in [0.05, 0.1) is 11.8 Å². The van der Waals surface area contributed by atoms with Crippen LogP contribution in [0.3, 0.4) is 0 Å². The van der Waals surface area contributed by atoms with Crippen LogP contribution < -0.4 is 10.2 Å². The summed E-state index contributed by atoms with van der Waals surface area (Å²) >= 11 is 1.75. The van der Waals surface area contributed by atoms with Crippen molar-refractivity contribution in [2.45, 2.75) is 38.7 Å². The van der Waals surface area contributed by atoms with Crippen molar-refractivity contribution in [2.75, 3.05) is 44.2 Å². The van der Waals surface area contributed by atoms with Crippen molar-refractivity contribution in [3.8, 4) is 0 Å². The lowest BCUT2D eigenvalue weighted by molar-refractivity contribution is 0.188. The van der Waals surface area contributed by atoms with Crippen LogP contribution in [-0.2, 0) is 6.42 Å². The molecule has 0 saturated carbocycles. The number of aliphatic hydroxyl groups is 1. The van der Waals surface area contributed by atoms with Gasteiger partial charge in [0.2, 0.25) is 0 Å². The zero-order valence-electron chi connectivity index (χ0n) is 14.3. The summed E-state index contributed by atoms with van der Waals surface area (Å²) in [6.07, 6.45) is 4.05. The summed E-state index contributed by atoms with van der Waals surface area (Å²) < 4.78 is 0. The number of likely N-dealkylation sites (tertiary alicyclic amines) is 1. The zero-order chi connectivity index (χ0) is 16.1. The van der Waals surface area contributed by atoms with Crippen LogP contribution in [0.2, 0.25) is 0 Å². The minimum atomic E-state index is -0.222. The van der Waals surface area contributed by atoms with E-state index in [1.165, 1.54) is 12.8 Å². The lowest BCUT2D eigenvalue weighted by atomic mass is 10.3. The van der Waals surface area contributed by atoms with E-state index in [1.54, 1.807) is 11.3 Å². The molecule has 0 unspecified atom stereocenters. The van der Waals surface area contributed by atoms with Crippen LogP contribution in [0.25, 0.3) is 0 Å². The number of nitrogens with one attached hydrogen (secondary N) is 1. The van der Waals surface area contributed by atoms with Crippen LogP contribution in [0.1, 0.15) is 31.9 Å². The highest BCUT2D eigenvalue weighted by molar-refractivity contribution is 14.0. The molecule has 2 N–H and O–H groups in total. The van der Waals surface area contributed by atoms with E-state index in [4.69, 9.17) is 9.98 Å². The van der Waals surface area contributed by atoms with Gasteiger partial charge in [0, 0.05) is 51.1 Å². The highest BCUT2D eigenvalue weighted by Gasteiger charge is 2.22. The molecule has 8 heteroatoms. The number of guanidine groups is 1. The Hall–Kier alpha value is -0.610. The SMILES string of the molecule is CCNC(=NCCc1csc(N2CCCC2)n1)N1CC[C@@H](O)C1.I. The van der Waals surface area contributed by atoms with Gasteiger partial charge in [-0.1, -0.05) is 0 Å². The monoisotopic (exact) mass is 465 g/mol. The van der Waals surface area contributed by atoms with Crippen LogP contribution >= 0.6 is 35.3 Å². The standard InChI is InChI=1S/C16H27N5OS.HI/c1-2-17-15(21-10-6-14(22)11-21)18-7-5-13-12-23-16(19-13)20-8-3-4-9-20;/h12,14,22H,2-11H2,1H3,(H,17,18);1H/t14-;/m1./s1. The Morgan fingerprint density at radius 1 is 1.42 bits per heavy atom. The third-order valence-electron chi connectivity index (χ3n) is 4.34. The second kappa shape index (κ2) is 9.76. The number of halogens is 1. The highest BCUT2D eigenvalue weighted by Crippen LogP contribution is 2.24. The maximum atomic E-state index is 9.69. The Bertz CT molecular complexity index is 532. The average molecular weight is 465 g/mol. The summed E-state index contributed by atoms with van der Waals surface area (Å²) in [5.74, 6) is 0.916. The molecule has 2 aliphatic rings. The summed E-state index contributed by atoms with van der Waals surface area (Å²) in [5.41, 5.74) is 1.14. The molecule has 6 nitrogen and oxygen atoms in total. The van der Waals surface area contributed by atoms with Crippen LogP contribution in [0.4, 0.5) is 5.13 Å². The number of thiazole rings is 1. The molecule has 24 heavy (non-hydrogen) atoms. The van der Waals surface area contributed by atoms with Crippen LogP contribution in [-0.4, -0.2) is 66.3 Å². The number of rotatable bonds is 5. The molecule has 0 bridgehead atoms. The van der Waals surface area contributed by atoms with E-state index in [0.717, 1.165) is 62.4 Å². The smallest absolute Gasteiger partial charge is 0.194 e. The molecule has 3 rings (SSSR count). The van der Waals surface area contributed by atoms with Crippen molar-refractivity contribution in [3.05, 3.63) is 11.1 Å². The molecule has 1 atom stereocenters. The number of hydrogen-bond acceptors (Lipinski definition) is 5. The fraction of sp³-hybridized carbons (Fsp3) is 0.750. The van der Waals surface area contributed by atoms with Crippen molar-refractivity contribution in [2.24, 2.45) is 4.99 Å². The normalized spacial score (nSPS) is 21.2. The van der Waals surface area contributed by atoms with E-state index in [9.17, 15) is 5.11 Å². The molecule has 0 aromatic carbocycles. The maximum absolute atomic E-state index is 9.69. The molecular formula is C16H28IN5OS. The summed E-state index contributed by atoms with van der Waals surface area (Å²) in [6, 6.07) is 0. The first kappa shape index (κ1) is 19.7. The largest absolute Gasteiger partial charge is 0.391 e. The van der Waals surface area contributed by atoms with Crippen molar-refractivity contribution in [1.29, 1.82) is 0 Å². The van der Waals surface area contributed by atoms with Gasteiger partial charge in [-0.2, -0.15) is 0 Å². The summed E-state index contributed by atoms with van der Waals surface area (Å²) in [7, 11) is 0. The Balaban J connectivity index is 0.00000208. The second-order valence-corrected chi connectivity index (χ2v) is 7.03. The molecule has 1 aromatic rings. The molecule has 1 aromatic heterocycles. The molecular weight excluding hydrogens is 437 g/mol. The van der Waals surface area contributed by atoms with Gasteiger partial charge in [-0.3, -0.25) is 4.99 Å². The molecule has 2 saturated heterocycles. The molecule has 0 spiro atoms. The first-order valence-corrected chi connectivity index (χ1v) is 9.55. The van der Waals surface area contributed by atoms with Gasteiger partial charge in [0.25, 0.3) is 0 Å². The Labute approximate surface area is 165 Å². The fourth-order valence-corrected chi connectivity index (χ4v) is 4.01. The van der Waals surface area contributed by atoms with Gasteiger partial charge in [-0.05, 0) is 26.2 Å². The summed E-state index contributed by atoms with van der Waals surface area (Å²) in [6.45, 7) is 7.51. The molecule has 2 aliphatic heterocycles. The Kier molecular flexibility index (Phi) is 8.02. The summed E-state index contributed by atoms with van der Waals surface area (Å²) in [4.78, 5) is 14.0. The minimum absolute atomic E-state index is 0. The Morgan fingerprint density at radius 2 is 2.21 bits per heavy atom.